The van der Waals surface area contributed by atoms with Crippen LogP contribution < -0.4 is 5.32 Å². The number of nitrogens with one attached hydrogen (secondary N) is 1. The molecule has 0 saturated heterocycles. The zero-order valence-electron chi connectivity index (χ0n) is 17.4. The summed E-state index contributed by atoms with van der Waals surface area (Å²) in [5.74, 6) is 1.84. The Morgan fingerprint density at radius 1 is 1.19 bits per heavy atom. The van der Waals surface area contributed by atoms with Crippen LogP contribution in [0.5, 0.6) is 0 Å². The average molecular weight is 413 g/mol. The molecule has 0 aliphatic heterocycles. The summed E-state index contributed by atoms with van der Waals surface area (Å²) in [6.07, 6.45) is 4.87. The van der Waals surface area contributed by atoms with Crippen LogP contribution in [0.2, 0.25) is 0 Å². The second kappa shape index (κ2) is 7.77. The highest BCUT2D eigenvalue weighted by Crippen LogP contribution is 2.64. The summed E-state index contributed by atoms with van der Waals surface area (Å²) in [6.45, 7) is 2.12. The first kappa shape index (κ1) is 19.7. The van der Waals surface area contributed by atoms with E-state index >= 15 is 0 Å². The maximum absolute atomic E-state index is 13.8. The molecule has 2 aromatic carbocycles. The van der Waals surface area contributed by atoms with Crippen LogP contribution in [-0.4, -0.2) is 16.9 Å². The molecule has 31 heavy (non-hydrogen) atoms. The first-order chi connectivity index (χ1) is 15.1. The topological polar surface area (TPSA) is 65.8 Å². The third kappa shape index (κ3) is 3.57. The molecule has 5 atom stereocenters. The largest absolute Gasteiger partial charge is 0.349 e. The molecule has 4 nitrogen and oxygen atoms in total. The van der Waals surface area contributed by atoms with E-state index in [9.17, 15) is 9.18 Å². The molecule has 5 heteroatoms. The molecule has 0 spiro atoms. The van der Waals surface area contributed by atoms with Crippen molar-refractivity contribution in [1.29, 1.82) is 5.26 Å². The molecule has 2 unspecified atom stereocenters. The predicted octanol–water partition coefficient (Wildman–Crippen LogP) is 5.19. The number of halogens is 1. The molecule has 1 heterocycles. The first-order valence-electron chi connectivity index (χ1n) is 10.9. The number of hydrogen-bond acceptors (Lipinski definition) is 3. The van der Waals surface area contributed by atoms with E-state index in [0.717, 1.165) is 30.2 Å². The Morgan fingerprint density at radius 2 is 1.94 bits per heavy atom. The van der Waals surface area contributed by atoms with Crippen molar-refractivity contribution < 1.29 is 9.18 Å². The van der Waals surface area contributed by atoms with Gasteiger partial charge in [-0.2, -0.15) is 5.26 Å². The van der Waals surface area contributed by atoms with Crippen LogP contribution in [0, 0.1) is 34.9 Å². The Kier molecular flexibility index (Phi) is 4.94. The molecule has 3 aromatic rings. The van der Waals surface area contributed by atoms with Crippen molar-refractivity contribution in [3.63, 3.8) is 0 Å². The van der Waals surface area contributed by atoms with Crippen molar-refractivity contribution in [2.75, 3.05) is 0 Å². The van der Waals surface area contributed by atoms with Gasteiger partial charge in [0.15, 0.2) is 0 Å². The minimum Gasteiger partial charge on any atom is -0.349 e. The number of benzene rings is 2. The van der Waals surface area contributed by atoms with Gasteiger partial charge in [0.05, 0.1) is 17.1 Å². The zero-order chi connectivity index (χ0) is 21.5. The molecule has 2 aliphatic carbocycles. The van der Waals surface area contributed by atoms with Gasteiger partial charge in [-0.25, -0.2) is 4.39 Å². The standard InChI is InChI=1S/C26H24FN3O/c1-2-23(30-26(31)16-5-3-15(14-28)4-6-16)25-21-11-17(12-22(21)25)19-9-10-29-24-8-7-18(27)13-20(19)24/h3-10,13,17,21-23,25H,2,11-12H2,1H3,(H,30,31)/t17?,21-,22+,23-,25?/m1/s1. The van der Waals surface area contributed by atoms with Crippen molar-refractivity contribution in [1.82, 2.24) is 10.3 Å². The fourth-order valence-corrected chi connectivity index (χ4v) is 5.66. The fourth-order valence-electron chi connectivity index (χ4n) is 5.66. The number of carbonyl (C=O) groups excluding carboxylic acids is 1. The van der Waals surface area contributed by atoms with E-state index in [1.807, 2.05) is 12.3 Å². The number of aromatic nitrogens is 1. The van der Waals surface area contributed by atoms with Crippen LogP contribution in [0.15, 0.2) is 54.7 Å². The Balaban J connectivity index is 1.26. The number of amides is 1. The van der Waals surface area contributed by atoms with Crippen molar-refractivity contribution in [2.24, 2.45) is 17.8 Å². The molecule has 5 rings (SSSR count). The third-order valence-corrected chi connectivity index (χ3v) is 7.19. The number of rotatable bonds is 5. The quantitative estimate of drug-likeness (QED) is 0.626. The van der Waals surface area contributed by atoms with Crippen molar-refractivity contribution in [2.45, 2.75) is 38.1 Å². The molecule has 1 aromatic heterocycles. The molecule has 2 saturated carbocycles. The normalized spacial score (nSPS) is 24.9. The van der Waals surface area contributed by atoms with Crippen LogP contribution in [0.4, 0.5) is 4.39 Å². The van der Waals surface area contributed by atoms with E-state index in [4.69, 9.17) is 5.26 Å². The van der Waals surface area contributed by atoms with Crippen molar-refractivity contribution >= 4 is 16.8 Å². The second-order valence-corrected chi connectivity index (χ2v) is 8.81. The Bertz CT molecular complexity index is 1170. The van der Waals surface area contributed by atoms with Crippen LogP contribution in [0.3, 0.4) is 0 Å². The van der Waals surface area contributed by atoms with Gasteiger partial charge >= 0.3 is 0 Å². The lowest BCUT2D eigenvalue weighted by Crippen LogP contribution is -2.37. The molecule has 156 valence electrons. The van der Waals surface area contributed by atoms with Crippen LogP contribution >= 0.6 is 0 Å². The van der Waals surface area contributed by atoms with Crippen LogP contribution in [0.1, 0.15) is 53.6 Å². The molecule has 1 N–H and O–H groups in total. The van der Waals surface area contributed by atoms with Gasteiger partial charge in [-0.1, -0.05) is 6.92 Å². The molecule has 1 amide bonds. The smallest absolute Gasteiger partial charge is 0.251 e. The molecule has 2 fully saturated rings. The van der Waals surface area contributed by atoms with Gasteiger partial charge in [0, 0.05) is 23.2 Å². The fraction of sp³-hybridized carbons (Fsp3) is 0.346. The monoisotopic (exact) mass is 413 g/mol. The molecule has 2 aliphatic rings. The van der Waals surface area contributed by atoms with E-state index in [1.165, 1.54) is 11.6 Å². The molecular formula is C26H24FN3O. The maximum atomic E-state index is 13.8. The number of nitrogens with zero attached hydrogens (tertiary/aromatic N) is 2. The number of hydrogen-bond donors (Lipinski definition) is 1. The lowest BCUT2D eigenvalue weighted by atomic mass is 9.88. The van der Waals surface area contributed by atoms with E-state index in [0.29, 0.717) is 34.8 Å². The predicted molar refractivity (Wildman–Crippen MR) is 117 cm³/mol. The maximum Gasteiger partial charge on any atom is 0.251 e. The molecular weight excluding hydrogens is 389 g/mol. The summed E-state index contributed by atoms with van der Waals surface area (Å²) < 4.78 is 13.8. The van der Waals surface area contributed by atoms with Gasteiger partial charge in [-0.05, 0) is 97.0 Å². The highest BCUT2D eigenvalue weighted by atomic mass is 19.1. The average Bonchev–Trinajstić information content (AvgIpc) is 3.28. The molecule has 0 bridgehead atoms. The Morgan fingerprint density at radius 3 is 2.61 bits per heavy atom. The number of carbonyl (C=O) groups is 1. The van der Waals surface area contributed by atoms with Crippen molar-refractivity contribution in [3.8, 4) is 6.07 Å². The number of pyridine rings is 1. The lowest BCUT2D eigenvalue weighted by Gasteiger charge is -2.22. The summed E-state index contributed by atoms with van der Waals surface area (Å²) in [7, 11) is 0. The van der Waals surface area contributed by atoms with Gasteiger partial charge in [0.1, 0.15) is 5.82 Å². The van der Waals surface area contributed by atoms with Crippen LogP contribution in [0.25, 0.3) is 10.9 Å². The van der Waals surface area contributed by atoms with Gasteiger partial charge in [0.2, 0.25) is 0 Å². The minimum absolute atomic E-state index is 0.0755. The van der Waals surface area contributed by atoms with Crippen molar-refractivity contribution in [3.05, 3.63) is 77.2 Å². The summed E-state index contributed by atoms with van der Waals surface area (Å²) in [4.78, 5) is 17.1. The Hall–Kier alpha value is -3.26. The first-order valence-corrected chi connectivity index (χ1v) is 10.9. The number of nitriles is 1. The summed E-state index contributed by atoms with van der Waals surface area (Å²) >= 11 is 0. The van der Waals surface area contributed by atoms with E-state index in [1.54, 1.807) is 36.4 Å². The summed E-state index contributed by atoms with van der Waals surface area (Å²) in [5, 5.41) is 13.1. The zero-order valence-corrected chi connectivity index (χ0v) is 17.4. The van der Waals surface area contributed by atoms with E-state index < -0.39 is 0 Å². The third-order valence-electron chi connectivity index (χ3n) is 7.19. The summed E-state index contributed by atoms with van der Waals surface area (Å²) in [6, 6.07) is 15.8. The van der Waals surface area contributed by atoms with Gasteiger partial charge in [-0.3, -0.25) is 9.78 Å². The molecule has 0 radical (unpaired) electrons. The lowest BCUT2D eigenvalue weighted by molar-refractivity contribution is 0.0927. The van der Waals surface area contributed by atoms with E-state index in [2.05, 4.69) is 23.3 Å². The van der Waals surface area contributed by atoms with Gasteiger partial charge in [-0.15, -0.1) is 0 Å². The Labute approximate surface area is 181 Å². The summed E-state index contributed by atoms with van der Waals surface area (Å²) in [5.41, 5.74) is 3.18. The van der Waals surface area contributed by atoms with Gasteiger partial charge < -0.3 is 5.32 Å². The SMILES string of the molecule is CC[C@@H](NC(=O)c1ccc(C#N)cc1)C1[C@H]2CC(c3ccnc4ccc(F)cc34)C[C@@H]12. The highest BCUT2D eigenvalue weighted by Gasteiger charge is 2.58. The minimum atomic E-state index is -0.223. The van der Waals surface area contributed by atoms with Crippen LogP contribution in [-0.2, 0) is 0 Å². The number of fused-ring (bicyclic) bond motifs is 2. The highest BCUT2D eigenvalue weighted by molar-refractivity contribution is 5.94. The van der Waals surface area contributed by atoms with Gasteiger partial charge in [0.25, 0.3) is 5.91 Å². The van der Waals surface area contributed by atoms with E-state index in [-0.39, 0.29) is 17.8 Å². The second-order valence-electron chi connectivity index (χ2n) is 8.81.